The first kappa shape index (κ1) is 35.1. The number of para-hydroxylation sites is 1. The van der Waals surface area contributed by atoms with E-state index in [1.807, 2.05) is 43.3 Å². The number of nitrogens with zero attached hydrogens (tertiary/aromatic N) is 2. The first-order chi connectivity index (χ1) is 22.3. The van der Waals surface area contributed by atoms with Gasteiger partial charge in [0.1, 0.15) is 17.9 Å². The van der Waals surface area contributed by atoms with Crippen LogP contribution in [-0.2, 0) is 16.2 Å². The maximum atomic E-state index is 14.1. The molecule has 258 valence electrons. The average Bonchev–Trinajstić information content (AvgIpc) is 3.42. The Balaban J connectivity index is 1.46. The van der Waals surface area contributed by atoms with Crippen molar-refractivity contribution in [3.05, 3.63) is 47.5 Å². The lowest BCUT2D eigenvalue weighted by Crippen LogP contribution is -2.62. The molecule has 1 aliphatic heterocycles. The number of rotatable bonds is 12. The van der Waals surface area contributed by atoms with Gasteiger partial charge in [0, 0.05) is 55.0 Å². The van der Waals surface area contributed by atoms with Gasteiger partial charge in [0.05, 0.1) is 33.0 Å². The molecule has 2 bridgehead atoms. The minimum atomic E-state index is -0.901. The molecule has 4 aliphatic rings. The number of hydrogen-bond acceptors (Lipinski definition) is 9. The largest absolute Gasteiger partial charge is 0.496 e. The fraction of sp³-hybridized carbons (Fsp3) is 0.611. The van der Waals surface area contributed by atoms with Crippen molar-refractivity contribution in [1.82, 2.24) is 15.7 Å². The fourth-order valence-corrected chi connectivity index (χ4v) is 8.26. The van der Waals surface area contributed by atoms with Gasteiger partial charge < -0.3 is 35.6 Å². The van der Waals surface area contributed by atoms with E-state index in [0.29, 0.717) is 29.1 Å². The second-order valence-corrected chi connectivity index (χ2v) is 14.4. The molecule has 8 atom stereocenters. The zero-order chi connectivity index (χ0) is 34.2. The van der Waals surface area contributed by atoms with Gasteiger partial charge in [-0.1, -0.05) is 39.0 Å². The quantitative estimate of drug-likeness (QED) is 0.234. The number of anilines is 1. The molecule has 47 heavy (non-hydrogen) atoms. The Morgan fingerprint density at radius 1 is 1.17 bits per heavy atom. The van der Waals surface area contributed by atoms with Gasteiger partial charge in [-0.25, -0.2) is 0 Å². The first-order valence-electron chi connectivity index (χ1n) is 16.7. The van der Waals surface area contributed by atoms with Crippen LogP contribution in [0, 0.1) is 29.1 Å². The van der Waals surface area contributed by atoms with Crippen molar-refractivity contribution in [2.24, 2.45) is 29.1 Å². The van der Waals surface area contributed by atoms with Crippen molar-refractivity contribution >= 4 is 17.5 Å². The summed E-state index contributed by atoms with van der Waals surface area (Å²) in [6.45, 7) is 8.31. The van der Waals surface area contributed by atoms with Crippen LogP contribution in [0.25, 0.3) is 11.1 Å². The van der Waals surface area contributed by atoms with Crippen molar-refractivity contribution in [3.8, 4) is 16.9 Å². The van der Waals surface area contributed by atoms with Crippen molar-refractivity contribution in [1.29, 1.82) is 0 Å². The van der Waals surface area contributed by atoms with Crippen molar-refractivity contribution < 1.29 is 34.5 Å². The second kappa shape index (κ2) is 14.1. The normalized spacial score (nSPS) is 28.7. The number of nitrogens with one attached hydrogen (secondary N) is 2. The molecule has 3 saturated carbocycles. The number of aliphatic hydroxyl groups excluding tert-OH is 3. The smallest absolute Gasteiger partial charge is 0.251 e. The summed E-state index contributed by atoms with van der Waals surface area (Å²) in [6.07, 6.45) is 0.466. The van der Waals surface area contributed by atoms with Gasteiger partial charge in [0.25, 0.3) is 5.91 Å². The molecule has 3 aliphatic carbocycles. The maximum absolute atomic E-state index is 14.1. The van der Waals surface area contributed by atoms with Crippen molar-refractivity contribution in [3.63, 3.8) is 0 Å². The lowest BCUT2D eigenvalue weighted by molar-refractivity contribution is -0.183. The van der Waals surface area contributed by atoms with Crippen LogP contribution in [0.5, 0.6) is 5.75 Å². The van der Waals surface area contributed by atoms with Crippen LogP contribution < -0.4 is 20.3 Å². The van der Waals surface area contributed by atoms with E-state index in [2.05, 4.69) is 31.4 Å². The average molecular weight is 653 g/mol. The Bertz CT molecular complexity index is 1450. The standard InChI is InChI=1S/C36H52N4O7/c1-20-28-16-25(36(28,3)4)17-29(20)38-35(45)32-31(21(2)43)30(19-42)47-40(32)18-22-9-8-10-27(33(22)46-7)23-13-24(34(44)37-11-12-41)15-26(14-23)39(5)6/h8-10,13-15,20-21,25,28-32,41-43H,11-12,16-19H2,1-7H3,(H,37,44)(H,38,45)/t20-,21-,25+,28-,29-,30-,31-,32?/m0/s1. The summed E-state index contributed by atoms with van der Waals surface area (Å²) in [4.78, 5) is 35.1. The molecule has 2 amide bonds. The van der Waals surface area contributed by atoms with E-state index in [1.165, 1.54) is 6.42 Å². The topological polar surface area (TPSA) is 144 Å². The van der Waals surface area contributed by atoms with E-state index < -0.39 is 24.2 Å². The van der Waals surface area contributed by atoms with E-state index in [-0.39, 0.29) is 49.6 Å². The molecule has 1 unspecified atom stereocenters. The zero-order valence-corrected chi connectivity index (χ0v) is 28.7. The summed E-state index contributed by atoms with van der Waals surface area (Å²) >= 11 is 0. The molecule has 5 N–H and O–H groups in total. The lowest BCUT2D eigenvalue weighted by Gasteiger charge is -2.62. The molecule has 11 heteroatoms. The highest BCUT2D eigenvalue weighted by molar-refractivity contribution is 5.97. The van der Waals surface area contributed by atoms with Crippen LogP contribution in [0.2, 0.25) is 0 Å². The van der Waals surface area contributed by atoms with Gasteiger partial charge >= 0.3 is 0 Å². The van der Waals surface area contributed by atoms with E-state index in [4.69, 9.17) is 9.57 Å². The molecule has 2 aromatic carbocycles. The van der Waals surface area contributed by atoms with E-state index in [1.54, 1.807) is 31.2 Å². The monoisotopic (exact) mass is 652 g/mol. The molecular formula is C36H52N4O7. The second-order valence-electron chi connectivity index (χ2n) is 14.4. The highest BCUT2D eigenvalue weighted by Gasteiger charge is 2.57. The van der Waals surface area contributed by atoms with Crippen LogP contribution in [0.4, 0.5) is 5.69 Å². The Kier molecular flexibility index (Phi) is 10.5. The number of methoxy groups -OCH3 is 1. The van der Waals surface area contributed by atoms with Crippen LogP contribution in [0.3, 0.4) is 0 Å². The van der Waals surface area contributed by atoms with Gasteiger partial charge in [-0.2, -0.15) is 5.06 Å². The molecule has 0 aromatic heterocycles. The molecule has 2 aromatic rings. The van der Waals surface area contributed by atoms with Gasteiger partial charge in [0.2, 0.25) is 5.91 Å². The molecule has 0 spiro atoms. The Labute approximate surface area is 278 Å². The minimum absolute atomic E-state index is 0.0366. The number of amides is 2. The molecule has 11 nitrogen and oxygen atoms in total. The van der Waals surface area contributed by atoms with E-state index in [9.17, 15) is 24.9 Å². The SMILES string of the molecule is COc1c(CN2O[C@@H](CO)[C@H]([C@H](C)O)C2C(=O)N[C@H]2C[C@H]3C[C@@H]([C@@H]2C)C3(C)C)cccc1-c1cc(C(=O)NCCO)cc(N(C)C)c1. The van der Waals surface area contributed by atoms with Crippen LogP contribution in [0.1, 0.15) is 56.5 Å². The van der Waals surface area contributed by atoms with Crippen LogP contribution in [-0.4, -0.2) is 97.5 Å². The third kappa shape index (κ3) is 6.73. The van der Waals surface area contributed by atoms with Crippen molar-refractivity contribution in [2.45, 2.75) is 71.4 Å². The highest BCUT2D eigenvalue weighted by atomic mass is 16.7. The summed E-state index contributed by atoms with van der Waals surface area (Å²) in [6, 6.07) is 10.4. The number of fused-ring (bicyclic) bond motifs is 2. The number of carbonyl (C=O) groups is 2. The van der Waals surface area contributed by atoms with Crippen LogP contribution in [0.15, 0.2) is 36.4 Å². The number of aliphatic hydroxyl groups is 3. The zero-order valence-electron chi connectivity index (χ0n) is 28.7. The Morgan fingerprint density at radius 2 is 1.91 bits per heavy atom. The number of hydrogen-bond donors (Lipinski definition) is 5. The fourth-order valence-electron chi connectivity index (χ4n) is 8.26. The highest BCUT2D eigenvalue weighted by Crippen LogP contribution is 2.61. The van der Waals surface area contributed by atoms with Gasteiger partial charge in [-0.15, -0.1) is 0 Å². The predicted octanol–water partition coefficient (Wildman–Crippen LogP) is 2.81. The Hall–Kier alpha value is -3.22. The maximum Gasteiger partial charge on any atom is 0.251 e. The number of hydroxylamine groups is 2. The van der Waals surface area contributed by atoms with Gasteiger partial charge in [0.15, 0.2) is 0 Å². The van der Waals surface area contributed by atoms with E-state index in [0.717, 1.165) is 28.8 Å². The summed E-state index contributed by atoms with van der Waals surface area (Å²) in [7, 11) is 5.37. The van der Waals surface area contributed by atoms with Gasteiger partial charge in [-0.05, 0) is 66.7 Å². The first-order valence-corrected chi connectivity index (χ1v) is 16.7. The summed E-state index contributed by atoms with van der Waals surface area (Å²) in [5.41, 5.74) is 3.77. The summed E-state index contributed by atoms with van der Waals surface area (Å²) in [5, 5.41) is 37.9. The number of carbonyl (C=O) groups excluding carboxylic acids is 2. The predicted molar refractivity (Wildman–Crippen MR) is 180 cm³/mol. The number of ether oxygens (including phenoxy) is 1. The lowest BCUT2D eigenvalue weighted by atomic mass is 9.45. The molecule has 1 saturated heterocycles. The summed E-state index contributed by atoms with van der Waals surface area (Å²) in [5.74, 6) is 0.856. The molecule has 6 rings (SSSR count). The minimum Gasteiger partial charge on any atom is -0.496 e. The Morgan fingerprint density at radius 3 is 2.51 bits per heavy atom. The van der Waals surface area contributed by atoms with Crippen molar-refractivity contribution in [2.75, 3.05) is 45.9 Å². The molecule has 1 heterocycles. The molecular weight excluding hydrogens is 600 g/mol. The summed E-state index contributed by atoms with van der Waals surface area (Å²) < 4.78 is 5.97. The molecule has 0 radical (unpaired) electrons. The van der Waals surface area contributed by atoms with Crippen LogP contribution >= 0.6 is 0 Å². The number of benzene rings is 2. The molecule has 4 fully saturated rings. The third-order valence-corrected chi connectivity index (χ3v) is 11.1. The van der Waals surface area contributed by atoms with Gasteiger partial charge in [-0.3, -0.25) is 14.4 Å². The van der Waals surface area contributed by atoms with E-state index >= 15 is 0 Å². The third-order valence-electron chi connectivity index (χ3n) is 11.1.